The first kappa shape index (κ1) is 13.1. The standard InChI is InChI=1S/C14H20N2O2/c1-18-14-5-4-11(13(17)9-15)8-12(14)10-16-6-2-3-7-16/h4-5,8H,2-3,6-7,9-10,15H2,1H3. The molecule has 18 heavy (non-hydrogen) atoms. The monoisotopic (exact) mass is 248 g/mol. The topological polar surface area (TPSA) is 55.6 Å². The predicted octanol–water partition coefficient (Wildman–Crippen LogP) is 1.43. The second-order valence-corrected chi connectivity index (χ2v) is 4.64. The van der Waals surface area contributed by atoms with Crippen LogP contribution in [0.15, 0.2) is 18.2 Å². The number of benzene rings is 1. The van der Waals surface area contributed by atoms with Crippen molar-refractivity contribution in [3.05, 3.63) is 29.3 Å². The fraction of sp³-hybridized carbons (Fsp3) is 0.500. The number of carbonyl (C=O) groups excluding carboxylic acids is 1. The van der Waals surface area contributed by atoms with Crippen LogP contribution in [-0.4, -0.2) is 37.4 Å². The molecule has 0 saturated carbocycles. The Morgan fingerprint density at radius 1 is 1.39 bits per heavy atom. The molecule has 1 aliphatic heterocycles. The third kappa shape index (κ3) is 2.89. The third-order valence-electron chi connectivity index (χ3n) is 3.38. The zero-order valence-electron chi connectivity index (χ0n) is 10.8. The van der Waals surface area contributed by atoms with E-state index in [0.29, 0.717) is 5.56 Å². The summed E-state index contributed by atoms with van der Waals surface area (Å²) in [6.45, 7) is 3.14. The molecule has 0 aromatic heterocycles. The van der Waals surface area contributed by atoms with Gasteiger partial charge in [-0.3, -0.25) is 9.69 Å². The van der Waals surface area contributed by atoms with Gasteiger partial charge in [0.25, 0.3) is 0 Å². The number of ketones is 1. The molecule has 1 aliphatic rings. The zero-order chi connectivity index (χ0) is 13.0. The molecule has 4 heteroatoms. The number of Topliss-reactive ketones (excluding diaryl/α,β-unsaturated/α-hetero) is 1. The smallest absolute Gasteiger partial charge is 0.176 e. The SMILES string of the molecule is COc1ccc(C(=O)CN)cc1CN1CCCC1. The van der Waals surface area contributed by atoms with E-state index in [9.17, 15) is 4.79 Å². The number of carbonyl (C=O) groups is 1. The molecule has 1 saturated heterocycles. The van der Waals surface area contributed by atoms with Crippen LogP contribution in [0.1, 0.15) is 28.8 Å². The van der Waals surface area contributed by atoms with E-state index in [4.69, 9.17) is 10.5 Å². The van der Waals surface area contributed by atoms with Gasteiger partial charge in [-0.25, -0.2) is 0 Å². The molecular formula is C14H20N2O2. The summed E-state index contributed by atoms with van der Waals surface area (Å²) in [4.78, 5) is 14.0. The molecule has 1 heterocycles. The van der Waals surface area contributed by atoms with Crippen LogP contribution in [0.3, 0.4) is 0 Å². The third-order valence-corrected chi connectivity index (χ3v) is 3.38. The Kier molecular flexibility index (Phi) is 4.33. The Morgan fingerprint density at radius 2 is 2.11 bits per heavy atom. The molecule has 1 aromatic carbocycles. The van der Waals surface area contributed by atoms with E-state index in [-0.39, 0.29) is 12.3 Å². The van der Waals surface area contributed by atoms with Gasteiger partial charge in [0, 0.05) is 17.7 Å². The quantitative estimate of drug-likeness (QED) is 0.801. The number of nitrogens with two attached hydrogens (primary N) is 1. The molecule has 2 rings (SSSR count). The molecular weight excluding hydrogens is 228 g/mol. The average Bonchev–Trinajstić information content (AvgIpc) is 2.90. The first-order valence-electron chi connectivity index (χ1n) is 6.37. The Balaban J connectivity index is 2.21. The van der Waals surface area contributed by atoms with E-state index in [1.165, 1.54) is 12.8 Å². The lowest BCUT2D eigenvalue weighted by Crippen LogP contribution is -2.19. The van der Waals surface area contributed by atoms with Crippen molar-refractivity contribution in [3.63, 3.8) is 0 Å². The Bertz CT molecular complexity index is 426. The van der Waals surface area contributed by atoms with E-state index in [2.05, 4.69) is 4.90 Å². The molecule has 0 spiro atoms. The van der Waals surface area contributed by atoms with E-state index in [1.807, 2.05) is 12.1 Å². The van der Waals surface area contributed by atoms with Gasteiger partial charge in [0.05, 0.1) is 13.7 Å². The van der Waals surface area contributed by atoms with Gasteiger partial charge >= 0.3 is 0 Å². The molecule has 0 bridgehead atoms. The number of nitrogens with zero attached hydrogens (tertiary/aromatic N) is 1. The van der Waals surface area contributed by atoms with Crippen LogP contribution < -0.4 is 10.5 Å². The largest absolute Gasteiger partial charge is 0.496 e. The summed E-state index contributed by atoms with van der Waals surface area (Å²) in [5.41, 5.74) is 7.14. The van der Waals surface area contributed by atoms with Crippen molar-refractivity contribution in [3.8, 4) is 5.75 Å². The average molecular weight is 248 g/mol. The summed E-state index contributed by atoms with van der Waals surface area (Å²) in [6.07, 6.45) is 2.51. The van der Waals surface area contributed by atoms with Crippen LogP contribution in [0.5, 0.6) is 5.75 Å². The van der Waals surface area contributed by atoms with Crippen molar-refractivity contribution in [1.29, 1.82) is 0 Å². The maximum absolute atomic E-state index is 11.6. The molecule has 1 fully saturated rings. The number of methoxy groups -OCH3 is 1. The van der Waals surface area contributed by atoms with E-state index in [1.54, 1.807) is 13.2 Å². The highest BCUT2D eigenvalue weighted by atomic mass is 16.5. The summed E-state index contributed by atoms with van der Waals surface area (Å²) >= 11 is 0. The fourth-order valence-corrected chi connectivity index (χ4v) is 2.38. The van der Waals surface area contributed by atoms with Gasteiger partial charge in [0.1, 0.15) is 5.75 Å². The van der Waals surface area contributed by atoms with Crippen LogP contribution in [0, 0.1) is 0 Å². The lowest BCUT2D eigenvalue weighted by molar-refractivity contribution is 0.100. The van der Waals surface area contributed by atoms with Crippen molar-refractivity contribution in [2.45, 2.75) is 19.4 Å². The summed E-state index contributed by atoms with van der Waals surface area (Å²) in [5, 5.41) is 0. The normalized spacial score (nSPS) is 15.9. The van der Waals surface area contributed by atoms with Crippen molar-refractivity contribution in [1.82, 2.24) is 4.90 Å². The first-order valence-corrected chi connectivity index (χ1v) is 6.37. The highest BCUT2D eigenvalue weighted by molar-refractivity contribution is 5.97. The summed E-state index contributed by atoms with van der Waals surface area (Å²) in [6, 6.07) is 5.54. The zero-order valence-corrected chi connectivity index (χ0v) is 10.8. The van der Waals surface area contributed by atoms with Crippen LogP contribution in [-0.2, 0) is 6.54 Å². The van der Waals surface area contributed by atoms with Crippen LogP contribution >= 0.6 is 0 Å². The lowest BCUT2D eigenvalue weighted by Gasteiger charge is -2.17. The summed E-state index contributed by atoms with van der Waals surface area (Å²) in [7, 11) is 1.66. The van der Waals surface area contributed by atoms with Crippen LogP contribution in [0.4, 0.5) is 0 Å². The molecule has 2 N–H and O–H groups in total. The predicted molar refractivity (Wildman–Crippen MR) is 70.9 cm³/mol. The molecule has 4 nitrogen and oxygen atoms in total. The van der Waals surface area contributed by atoms with Crippen molar-refractivity contribution in [2.24, 2.45) is 5.73 Å². The highest BCUT2D eigenvalue weighted by Crippen LogP contribution is 2.23. The Labute approximate surface area is 108 Å². The van der Waals surface area contributed by atoms with Crippen molar-refractivity contribution < 1.29 is 9.53 Å². The maximum Gasteiger partial charge on any atom is 0.176 e. The minimum atomic E-state index is -0.0275. The second kappa shape index (κ2) is 5.98. The lowest BCUT2D eigenvalue weighted by atomic mass is 10.1. The molecule has 98 valence electrons. The Morgan fingerprint density at radius 3 is 2.72 bits per heavy atom. The van der Waals surface area contributed by atoms with Gasteiger partial charge in [0.2, 0.25) is 0 Å². The molecule has 0 atom stereocenters. The molecule has 0 unspecified atom stereocenters. The first-order chi connectivity index (χ1) is 8.74. The summed E-state index contributed by atoms with van der Waals surface area (Å²) in [5.74, 6) is 0.816. The summed E-state index contributed by atoms with van der Waals surface area (Å²) < 4.78 is 5.35. The van der Waals surface area contributed by atoms with E-state index >= 15 is 0 Å². The number of rotatable bonds is 5. The van der Waals surface area contributed by atoms with Gasteiger partial charge in [-0.1, -0.05) is 0 Å². The van der Waals surface area contributed by atoms with Gasteiger partial charge in [-0.2, -0.15) is 0 Å². The van der Waals surface area contributed by atoms with E-state index in [0.717, 1.165) is 30.9 Å². The molecule has 0 radical (unpaired) electrons. The number of ether oxygens (including phenoxy) is 1. The fourth-order valence-electron chi connectivity index (χ4n) is 2.38. The highest BCUT2D eigenvalue weighted by Gasteiger charge is 2.15. The van der Waals surface area contributed by atoms with Gasteiger partial charge in [0.15, 0.2) is 5.78 Å². The molecule has 0 aliphatic carbocycles. The minimum Gasteiger partial charge on any atom is -0.496 e. The van der Waals surface area contributed by atoms with E-state index < -0.39 is 0 Å². The molecule has 1 aromatic rings. The van der Waals surface area contributed by atoms with Crippen molar-refractivity contribution >= 4 is 5.78 Å². The van der Waals surface area contributed by atoms with Crippen molar-refractivity contribution in [2.75, 3.05) is 26.7 Å². The number of hydrogen-bond donors (Lipinski definition) is 1. The van der Waals surface area contributed by atoms with Crippen LogP contribution in [0.2, 0.25) is 0 Å². The second-order valence-electron chi connectivity index (χ2n) is 4.64. The van der Waals surface area contributed by atoms with Gasteiger partial charge in [-0.05, 0) is 44.1 Å². The maximum atomic E-state index is 11.6. The molecule has 0 amide bonds. The van der Waals surface area contributed by atoms with Crippen LogP contribution in [0.25, 0.3) is 0 Å². The Hall–Kier alpha value is -1.39. The van der Waals surface area contributed by atoms with Gasteiger partial charge in [-0.15, -0.1) is 0 Å². The number of hydrogen-bond acceptors (Lipinski definition) is 4. The van der Waals surface area contributed by atoms with Gasteiger partial charge < -0.3 is 10.5 Å². The minimum absolute atomic E-state index is 0.0275. The number of likely N-dealkylation sites (tertiary alicyclic amines) is 1.